The van der Waals surface area contributed by atoms with Crippen LogP contribution in [-0.4, -0.2) is 25.9 Å². The molecule has 0 fully saturated rings. The van der Waals surface area contributed by atoms with Gasteiger partial charge >= 0.3 is 0 Å². The number of carbonyl (C=O) groups excluding carboxylic acids is 1. The Kier molecular flexibility index (Phi) is 3.65. The summed E-state index contributed by atoms with van der Waals surface area (Å²) in [5.41, 5.74) is 7.49. The van der Waals surface area contributed by atoms with E-state index in [1.165, 1.54) is 5.56 Å². The van der Waals surface area contributed by atoms with Gasteiger partial charge in [0.25, 0.3) is 0 Å². The van der Waals surface area contributed by atoms with E-state index in [2.05, 4.69) is 0 Å². The molecule has 0 unspecified atom stereocenters. The third kappa shape index (κ3) is 2.85. The lowest BCUT2D eigenvalue weighted by atomic mass is 10.2. The Morgan fingerprint density at radius 1 is 1.50 bits per heavy atom. The summed E-state index contributed by atoms with van der Waals surface area (Å²) in [6.45, 7) is 2.51. The van der Waals surface area contributed by atoms with E-state index in [9.17, 15) is 4.79 Å². The van der Waals surface area contributed by atoms with Crippen LogP contribution in [0.5, 0.6) is 0 Å². The first kappa shape index (κ1) is 10.7. The van der Waals surface area contributed by atoms with Crippen LogP contribution in [0.3, 0.4) is 0 Å². The zero-order valence-corrected chi connectivity index (χ0v) is 8.66. The summed E-state index contributed by atoms with van der Waals surface area (Å²) in [6.07, 6.45) is 0. The molecule has 0 spiro atoms. The quantitative estimate of drug-likeness (QED) is 0.773. The maximum absolute atomic E-state index is 11.1. The Morgan fingerprint density at radius 3 is 2.79 bits per heavy atom. The third-order valence-electron chi connectivity index (χ3n) is 2.08. The molecule has 0 atom stereocenters. The van der Waals surface area contributed by atoms with E-state index in [-0.39, 0.29) is 12.3 Å². The molecule has 2 N–H and O–H groups in total. The highest BCUT2D eigenvalue weighted by atomic mass is 16.1. The molecule has 0 heterocycles. The van der Waals surface area contributed by atoms with Gasteiger partial charge < -0.3 is 10.6 Å². The molecule has 1 rings (SSSR count). The number of hydrogen-bond acceptors (Lipinski definition) is 3. The molecule has 0 radical (unpaired) electrons. The molecule has 3 heteroatoms. The Bertz CT molecular complexity index is 323. The van der Waals surface area contributed by atoms with Gasteiger partial charge in [0.1, 0.15) is 0 Å². The van der Waals surface area contributed by atoms with E-state index in [4.69, 9.17) is 5.73 Å². The van der Waals surface area contributed by atoms with Crippen molar-refractivity contribution < 1.29 is 4.79 Å². The largest absolute Gasteiger partial charge is 0.367 e. The van der Waals surface area contributed by atoms with Crippen molar-refractivity contribution in [3.63, 3.8) is 0 Å². The van der Waals surface area contributed by atoms with Gasteiger partial charge in [-0.1, -0.05) is 12.1 Å². The molecule has 0 saturated carbocycles. The number of hydrogen-bond donors (Lipinski definition) is 1. The van der Waals surface area contributed by atoms with Crippen molar-refractivity contribution in [3.8, 4) is 0 Å². The summed E-state index contributed by atoms with van der Waals surface area (Å²) in [7, 11) is 1.89. The standard InChI is InChI=1S/C11H16N2O/c1-9-4-3-5-10(6-9)13(2)8-11(14)7-12/h3-6H,7-8,12H2,1-2H3. The fraction of sp³-hybridized carbons (Fsp3) is 0.364. The molecule has 0 aromatic heterocycles. The molecular formula is C11H16N2O. The van der Waals surface area contributed by atoms with E-state index in [0.717, 1.165) is 5.69 Å². The zero-order chi connectivity index (χ0) is 10.6. The van der Waals surface area contributed by atoms with Crippen molar-refractivity contribution >= 4 is 11.5 Å². The number of nitrogens with zero attached hydrogens (tertiary/aromatic N) is 1. The average molecular weight is 192 g/mol. The summed E-state index contributed by atoms with van der Waals surface area (Å²) in [6, 6.07) is 8.04. The van der Waals surface area contributed by atoms with E-state index in [1.807, 2.05) is 43.1 Å². The molecule has 1 aromatic rings. The fourth-order valence-corrected chi connectivity index (χ4v) is 1.29. The Hall–Kier alpha value is -1.35. The minimum atomic E-state index is 0.0500. The molecule has 14 heavy (non-hydrogen) atoms. The van der Waals surface area contributed by atoms with Gasteiger partial charge in [-0.2, -0.15) is 0 Å². The predicted octanol–water partition coefficient (Wildman–Crippen LogP) is 0.959. The van der Waals surface area contributed by atoms with Crippen LogP contribution in [0, 0.1) is 6.92 Å². The van der Waals surface area contributed by atoms with Crippen molar-refractivity contribution in [2.24, 2.45) is 5.73 Å². The number of ketones is 1. The Balaban J connectivity index is 2.69. The number of nitrogens with two attached hydrogens (primary N) is 1. The van der Waals surface area contributed by atoms with E-state index < -0.39 is 0 Å². The van der Waals surface area contributed by atoms with Crippen LogP contribution in [0.2, 0.25) is 0 Å². The monoisotopic (exact) mass is 192 g/mol. The highest BCUT2D eigenvalue weighted by molar-refractivity contribution is 5.84. The molecule has 0 aliphatic heterocycles. The summed E-state index contributed by atoms with van der Waals surface area (Å²) >= 11 is 0. The van der Waals surface area contributed by atoms with Gasteiger partial charge in [0, 0.05) is 12.7 Å². The Morgan fingerprint density at radius 2 is 2.21 bits per heavy atom. The van der Waals surface area contributed by atoms with Crippen LogP contribution in [-0.2, 0) is 4.79 Å². The van der Waals surface area contributed by atoms with Gasteiger partial charge in [0.2, 0.25) is 0 Å². The zero-order valence-electron chi connectivity index (χ0n) is 8.66. The lowest BCUT2D eigenvalue weighted by Crippen LogP contribution is -2.30. The molecule has 76 valence electrons. The number of anilines is 1. The normalized spacial score (nSPS) is 9.93. The van der Waals surface area contributed by atoms with Gasteiger partial charge in [-0.3, -0.25) is 4.79 Å². The SMILES string of the molecule is Cc1cccc(N(C)CC(=O)CN)c1. The number of aryl methyl sites for hydroxylation is 1. The second-order valence-corrected chi connectivity index (χ2v) is 3.44. The highest BCUT2D eigenvalue weighted by Gasteiger charge is 2.05. The van der Waals surface area contributed by atoms with Gasteiger partial charge in [0.15, 0.2) is 5.78 Å². The smallest absolute Gasteiger partial charge is 0.165 e. The number of carbonyl (C=O) groups is 1. The first-order valence-corrected chi connectivity index (χ1v) is 4.63. The van der Waals surface area contributed by atoms with Crippen LogP contribution >= 0.6 is 0 Å². The van der Waals surface area contributed by atoms with Gasteiger partial charge in [0.05, 0.1) is 13.1 Å². The van der Waals surface area contributed by atoms with Crippen LogP contribution in [0.15, 0.2) is 24.3 Å². The lowest BCUT2D eigenvalue weighted by Gasteiger charge is -2.18. The number of likely N-dealkylation sites (N-methyl/N-ethyl adjacent to an activating group) is 1. The number of rotatable bonds is 4. The molecule has 0 saturated heterocycles. The van der Waals surface area contributed by atoms with Gasteiger partial charge in [-0.25, -0.2) is 0 Å². The van der Waals surface area contributed by atoms with Crippen LogP contribution < -0.4 is 10.6 Å². The topological polar surface area (TPSA) is 46.3 Å². The van der Waals surface area contributed by atoms with Crippen LogP contribution in [0.1, 0.15) is 5.56 Å². The lowest BCUT2D eigenvalue weighted by molar-refractivity contribution is -0.116. The summed E-state index contributed by atoms with van der Waals surface area (Å²) in [5.74, 6) is 0.0500. The Labute approximate surface area is 84.5 Å². The first-order chi connectivity index (χ1) is 6.63. The fourth-order valence-electron chi connectivity index (χ4n) is 1.29. The first-order valence-electron chi connectivity index (χ1n) is 4.63. The van der Waals surface area contributed by atoms with Crippen LogP contribution in [0.25, 0.3) is 0 Å². The molecule has 0 aliphatic carbocycles. The van der Waals surface area contributed by atoms with E-state index >= 15 is 0 Å². The maximum atomic E-state index is 11.1. The average Bonchev–Trinajstić information content (AvgIpc) is 2.17. The second kappa shape index (κ2) is 4.77. The van der Waals surface area contributed by atoms with E-state index in [0.29, 0.717) is 6.54 Å². The molecule has 0 aliphatic rings. The van der Waals surface area contributed by atoms with Crippen molar-refractivity contribution in [1.29, 1.82) is 0 Å². The molecule has 0 amide bonds. The molecular weight excluding hydrogens is 176 g/mol. The predicted molar refractivity (Wildman–Crippen MR) is 58.5 cm³/mol. The van der Waals surface area contributed by atoms with Gasteiger partial charge in [-0.15, -0.1) is 0 Å². The number of Topliss-reactive ketones (excluding diaryl/α,β-unsaturated/α-hetero) is 1. The summed E-state index contributed by atoms with van der Waals surface area (Å²) in [4.78, 5) is 13.0. The van der Waals surface area contributed by atoms with Crippen LogP contribution in [0.4, 0.5) is 5.69 Å². The maximum Gasteiger partial charge on any atom is 0.165 e. The molecule has 1 aromatic carbocycles. The van der Waals surface area contributed by atoms with Crippen molar-refractivity contribution in [3.05, 3.63) is 29.8 Å². The summed E-state index contributed by atoms with van der Waals surface area (Å²) < 4.78 is 0. The molecule has 3 nitrogen and oxygen atoms in total. The highest BCUT2D eigenvalue weighted by Crippen LogP contribution is 2.13. The van der Waals surface area contributed by atoms with E-state index in [1.54, 1.807) is 0 Å². The summed E-state index contributed by atoms with van der Waals surface area (Å²) in [5, 5.41) is 0. The minimum absolute atomic E-state index is 0.0500. The minimum Gasteiger partial charge on any atom is -0.367 e. The van der Waals surface area contributed by atoms with Gasteiger partial charge in [-0.05, 0) is 24.6 Å². The third-order valence-corrected chi connectivity index (χ3v) is 2.08. The number of benzene rings is 1. The molecule has 0 bridgehead atoms. The van der Waals surface area contributed by atoms with Crippen molar-refractivity contribution in [2.75, 3.05) is 25.0 Å². The second-order valence-electron chi connectivity index (χ2n) is 3.44. The van der Waals surface area contributed by atoms with Crippen molar-refractivity contribution in [1.82, 2.24) is 0 Å². The van der Waals surface area contributed by atoms with Crippen molar-refractivity contribution in [2.45, 2.75) is 6.92 Å².